The highest BCUT2D eigenvalue weighted by atomic mass is 35.5. The lowest BCUT2D eigenvalue weighted by atomic mass is 10.1. The molecule has 1 amide bonds. The minimum Gasteiger partial charge on any atom is -0.493 e. The van der Waals surface area contributed by atoms with Crippen LogP contribution in [0.4, 0.5) is 11.8 Å². The highest BCUT2D eigenvalue weighted by Gasteiger charge is 2.24. The molecule has 170 valence electrons. The molecule has 1 aromatic carbocycles. The molecule has 0 unspecified atom stereocenters. The van der Waals surface area contributed by atoms with Crippen molar-refractivity contribution in [3.05, 3.63) is 41.0 Å². The number of halogens is 1. The molecule has 3 heterocycles. The molecule has 0 bridgehead atoms. The number of amides is 1. The lowest BCUT2D eigenvalue weighted by Gasteiger charge is -2.34. The first-order chi connectivity index (χ1) is 15.3. The first-order valence-electron chi connectivity index (χ1n) is 10.9. The largest absolute Gasteiger partial charge is 0.493 e. The predicted octanol–water partition coefficient (Wildman–Crippen LogP) is 3.69. The van der Waals surface area contributed by atoms with Gasteiger partial charge in [-0.15, -0.1) is 0 Å². The SMILES string of the molecule is CC(=O)N1CCN(c2nc(NCCc3ccc(Cl)cc3)c3cn(C(C)C)c(O)c3n2)CC1. The second-order valence-electron chi connectivity index (χ2n) is 8.38. The lowest BCUT2D eigenvalue weighted by Crippen LogP contribution is -2.48. The van der Waals surface area contributed by atoms with Gasteiger partial charge >= 0.3 is 0 Å². The molecule has 1 fully saturated rings. The van der Waals surface area contributed by atoms with Crippen LogP contribution >= 0.6 is 11.6 Å². The number of anilines is 2. The number of hydrogen-bond donors (Lipinski definition) is 2. The molecule has 2 N–H and O–H groups in total. The van der Waals surface area contributed by atoms with Gasteiger partial charge in [0.25, 0.3) is 0 Å². The molecule has 9 heteroatoms. The number of nitrogens with one attached hydrogen (secondary N) is 1. The van der Waals surface area contributed by atoms with E-state index >= 15 is 0 Å². The number of benzene rings is 1. The molecule has 2 aromatic heterocycles. The van der Waals surface area contributed by atoms with Gasteiger partial charge in [-0.25, -0.2) is 4.98 Å². The number of hydrogen-bond acceptors (Lipinski definition) is 6. The van der Waals surface area contributed by atoms with Crippen LogP contribution in [-0.2, 0) is 11.2 Å². The molecule has 3 aromatic rings. The molecule has 0 spiro atoms. The number of aromatic hydroxyl groups is 1. The second-order valence-corrected chi connectivity index (χ2v) is 8.82. The van der Waals surface area contributed by atoms with E-state index in [1.165, 1.54) is 5.56 Å². The zero-order valence-electron chi connectivity index (χ0n) is 18.7. The van der Waals surface area contributed by atoms with Crippen molar-refractivity contribution in [3.8, 4) is 5.88 Å². The number of nitrogens with zero attached hydrogens (tertiary/aromatic N) is 5. The van der Waals surface area contributed by atoms with Crippen molar-refractivity contribution >= 4 is 40.2 Å². The third-order valence-electron chi connectivity index (χ3n) is 5.84. The van der Waals surface area contributed by atoms with Crippen LogP contribution in [0.2, 0.25) is 5.02 Å². The van der Waals surface area contributed by atoms with Crippen molar-refractivity contribution in [1.82, 2.24) is 19.4 Å². The molecular weight excluding hydrogens is 428 g/mol. The normalized spacial score (nSPS) is 14.4. The summed E-state index contributed by atoms with van der Waals surface area (Å²) in [6.45, 7) is 8.88. The van der Waals surface area contributed by atoms with Crippen molar-refractivity contribution in [2.75, 3.05) is 42.9 Å². The minimum absolute atomic E-state index is 0.0808. The van der Waals surface area contributed by atoms with Crippen molar-refractivity contribution < 1.29 is 9.90 Å². The Morgan fingerprint density at radius 3 is 2.47 bits per heavy atom. The summed E-state index contributed by atoms with van der Waals surface area (Å²) in [6.07, 6.45) is 2.71. The van der Waals surface area contributed by atoms with Crippen LogP contribution in [0.5, 0.6) is 5.88 Å². The highest BCUT2D eigenvalue weighted by Crippen LogP contribution is 2.34. The topological polar surface area (TPSA) is 86.5 Å². The van der Waals surface area contributed by atoms with Crippen LogP contribution in [0.15, 0.2) is 30.5 Å². The van der Waals surface area contributed by atoms with Gasteiger partial charge in [0.05, 0.1) is 5.39 Å². The Morgan fingerprint density at radius 1 is 1.16 bits per heavy atom. The zero-order valence-corrected chi connectivity index (χ0v) is 19.4. The van der Waals surface area contributed by atoms with E-state index in [9.17, 15) is 9.90 Å². The summed E-state index contributed by atoms with van der Waals surface area (Å²) in [5.74, 6) is 1.48. The van der Waals surface area contributed by atoms with Gasteiger partial charge in [-0.05, 0) is 38.0 Å². The number of fused-ring (bicyclic) bond motifs is 1. The fraction of sp³-hybridized carbons (Fsp3) is 0.435. The third kappa shape index (κ3) is 4.60. The molecule has 0 atom stereocenters. The maximum absolute atomic E-state index is 11.7. The molecule has 32 heavy (non-hydrogen) atoms. The smallest absolute Gasteiger partial charge is 0.228 e. The summed E-state index contributed by atoms with van der Waals surface area (Å²) in [5.41, 5.74) is 1.71. The number of piperazine rings is 1. The lowest BCUT2D eigenvalue weighted by molar-refractivity contribution is -0.129. The van der Waals surface area contributed by atoms with Gasteiger partial charge in [0.1, 0.15) is 11.3 Å². The summed E-state index contributed by atoms with van der Waals surface area (Å²) >= 11 is 5.98. The fourth-order valence-corrected chi connectivity index (χ4v) is 4.07. The van der Waals surface area contributed by atoms with E-state index in [1.54, 1.807) is 11.5 Å². The highest BCUT2D eigenvalue weighted by molar-refractivity contribution is 6.30. The predicted molar refractivity (Wildman–Crippen MR) is 128 cm³/mol. The Hall–Kier alpha value is -3.00. The first kappa shape index (κ1) is 22.2. The Morgan fingerprint density at radius 2 is 1.84 bits per heavy atom. The average Bonchev–Trinajstić information content (AvgIpc) is 3.12. The average molecular weight is 457 g/mol. The van der Waals surface area contributed by atoms with Gasteiger partial charge in [0, 0.05) is 56.9 Å². The van der Waals surface area contributed by atoms with Gasteiger partial charge in [0.2, 0.25) is 17.7 Å². The summed E-state index contributed by atoms with van der Waals surface area (Å²) in [4.78, 5) is 25.1. The maximum atomic E-state index is 11.7. The van der Waals surface area contributed by atoms with Crippen LogP contribution in [-0.4, -0.2) is 63.2 Å². The van der Waals surface area contributed by atoms with E-state index in [4.69, 9.17) is 21.6 Å². The summed E-state index contributed by atoms with van der Waals surface area (Å²) < 4.78 is 1.81. The molecule has 1 aliphatic rings. The van der Waals surface area contributed by atoms with Crippen LogP contribution < -0.4 is 10.2 Å². The number of carbonyl (C=O) groups is 1. The van der Waals surface area contributed by atoms with Crippen LogP contribution in [0.25, 0.3) is 10.9 Å². The molecule has 1 aliphatic heterocycles. The van der Waals surface area contributed by atoms with E-state index in [0.717, 1.165) is 16.8 Å². The molecule has 8 nitrogen and oxygen atoms in total. The van der Waals surface area contributed by atoms with Crippen LogP contribution in [0, 0.1) is 0 Å². The molecule has 0 aliphatic carbocycles. The summed E-state index contributed by atoms with van der Waals surface area (Å²) in [5, 5.41) is 15.8. The Kier molecular flexibility index (Phi) is 6.41. The maximum Gasteiger partial charge on any atom is 0.228 e. The van der Waals surface area contributed by atoms with E-state index in [2.05, 4.69) is 10.2 Å². The third-order valence-corrected chi connectivity index (χ3v) is 6.09. The Balaban J connectivity index is 1.61. The van der Waals surface area contributed by atoms with E-state index in [-0.39, 0.29) is 17.8 Å². The van der Waals surface area contributed by atoms with Gasteiger partial charge in [-0.1, -0.05) is 23.7 Å². The number of aromatic nitrogens is 3. The Bertz CT molecular complexity index is 1100. The van der Waals surface area contributed by atoms with Crippen molar-refractivity contribution in [1.29, 1.82) is 0 Å². The van der Waals surface area contributed by atoms with Crippen LogP contribution in [0.1, 0.15) is 32.4 Å². The molecular formula is C23H29ClN6O2. The van der Waals surface area contributed by atoms with Gasteiger partial charge < -0.3 is 24.8 Å². The minimum atomic E-state index is 0.0808. The number of carbonyl (C=O) groups excluding carboxylic acids is 1. The zero-order chi connectivity index (χ0) is 22.8. The Labute approximate surface area is 192 Å². The van der Waals surface area contributed by atoms with E-state index in [1.807, 2.05) is 49.2 Å². The monoisotopic (exact) mass is 456 g/mol. The van der Waals surface area contributed by atoms with Crippen molar-refractivity contribution in [3.63, 3.8) is 0 Å². The van der Waals surface area contributed by atoms with Gasteiger partial charge in [-0.2, -0.15) is 4.98 Å². The van der Waals surface area contributed by atoms with Crippen LogP contribution in [0.3, 0.4) is 0 Å². The first-order valence-corrected chi connectivity index (χ1v) is 11.3. The molecule has 4 rings (SSSR count). The molecule has 0 radical (unpaired) electrons. The van der Waals surface area contributed by atoms with E-state index in [0.29, 0.717) is 50.0 Å². The summed E-state index contributed by atoms with van der Waals surface area (Å²) in [7, 11) is 0. The fourth-order valence-electron chi connectivity index (χ4n) is 3.94. The van der Waals surface area contributed by atoms with Crippen molar-refractivity contribution in [2.24, 2.45) is 0 Å². The van der Waals surface area contributed by atoms with Gasteiger partial charge in [0.15, 0.2) is 0 Å². The molecule has 1 saturated heterocycles. The number of rotatable bonds is 6. The summed E-state index contributed by atoms with van der Waals surface area (Å²) in [6, 6.07) is 7.90. The molecule has 0 saturated carbocycles. The quantitative estimate of drug-likeness (QED) is 0.588. The second kappa shape index (κ2) is 9.24. The van der Waals surface area contributed by atoms with Gasteiger partial charge in [-0.3, -0.25) is 4.79 Å². The standard InChI is InChI=1S/C23H29ClN6O2/c1-15(2)30-14-19-20(22(30)32)26-23(29-12-10-28(11-13-29)16(3)31)27-21(19)25-9-8-17-4-6-18(24)7-5-17/h4-7,14-15,32H,8-13H2,1-3H3,(H,25,26,27). The van der Waals surface area contributed by atoms with E-state index < -0.39 is 0 Å². The van der Waals surface area contributed by atoms with Crippen molar-refractivity contribution in [2.45, 2.75) is 33.2 Å².